The molecule has 1 heterocycles. The minimum Gasteiger partial charge on any atom is -0.309 e. The van der Waals surface area contributed by atoms with Gasteiger partial charge in [-0.05, 0) is 25.8 Å². The van der Waals surface area contributed by atoms with Gasteiger partial charge >= 0.3 is 6.18 Å². The molecule has 0 aliphatic rings. The molecule has 0 aromatic carbocycles. The molecule has 7 heteroatoms. The molecule has 0 saturated heterocycles. The predicted molar refractivity (Wildman–Crippen MR) is 61.9 cm³/mol. The predicted octanol–water partition coefficient (Wildman–Crippen LogP) is 2.59. The van der Waals surface area contributed by atoms with Gasteiger partial charge in [0.05, 0.1) is 17.9 Å². The zero-order valence-electron chi connectivity index (χ0n) is 10.7. The van der Waals surface area contributed by atoms with E-state index in [4.69, 9.17) is 0 Å². The van der Waals surface area contributed by atoms with Crippen LogP contribution < -0.4 is 5.32 Å². The molecule has 4 nitrogen and oxygen atoms in total. The maximum absolute atomic E-state index is 12.1. The Morgan fingerprint density at radius 2 is 2.17 bits per heavy atom. The van der Waals surface area contributed by atoms with Gasteiger partial charge in [-0.25, -0.2) is 0 Å². The summed E-state index contributed by atoms with van der Waals surface area (Å²) in [5.74, 6) is 0. The molecule has 1 aromatic heterocycles. The largest absolute Gasteiger partial charge is 0.389 e. The molecular formula is C11H19F3N4. The van der Waals surface area contributed by atoms with Crippen molar-refractivity contribution in [1.82, 2.24) is 20.3 Å². The van der Waals surface area contributed by atoms with Crippen molar-refractivity contribution in [3.05, 3.63) is 11.9 Å². The lowest BCUT2D eigenvalue weighted by atomic mass is 10.1. The van der Waals surface area contributed by atoms with Crippen molar-refractivity contribution in [3.8, 4) is 0 Å². The summed E-state index contributed by atoms with van der Waals surface area (Å²) in [4.78, 5) is 1.42. The quantitative estimate of drug-likeness (QED) is 0.823. The number of nitrogens with one attached hydrogen (secondary N) is 1. The Labute approximate surface area is 105 Å². The van der Waals surface area contributed by atoms with E-state index in [9.17, 15) is 13.2 Å². The molecule has 0 amide bonds. The second kappa shape index (κ2) is 6.72. The number of alkyl halides is 3. The molecule has 1 unspecified atom stereocenters. The summed E-state index contributed by atoms with van der Waals surface area (Å²) < 4.78 is 36.3. The van der Waals surface area contributed by atoms with Gasteiger partial charge in [0.1, 0.15) is 0 Å². The Kier molecular flexibility index (Phi) is 5.58. The lowest BCUT2D eigenvalue weighted by Crippen LogP contribution is -2.23. The van der Waals surface area contributed by atoms with Crippen molar-refractivity contribution in [2.24, 2.45) is 7.05 Å². The van der Waals surface area contributed by atoms with Crippen molar-refractivity contribution >= 4 is 0 Å². The number of nitrogens with zero attached hydrogens (tertiary/aromatic N) is 3. The number of rotatable bonds is 7. The van der Waals surface area contributed by atoms with Crippen LogP contribution in [0.15, 0.2) is 6.20 Å². The van der Waals surface area contributed by atoms with E-state index < -0.39 is 12.6 Å². The minimum absolute atomic E-state index is 0.0987. The fourth-order valence-corrected chi connectivity index (χ4v) is 1.70. The number of aromatic nitrogens is 3. The van der Waals surface area contributed by atoms with Crippen LogP contribution >= 0.6 is 0 Å². The Morgan fingerprint density at radius 1 is 1.44 bits per heavy atom. The van der Waals surface area contributed by atoms with Crippen molar-refractivity contribution in [1.29, 1.82) is 0 Å². The second-order valence-corrected chi connectivity index (χ2v) is 4.27. The normalized spacial score (nSPS) is 13.8. The van der Waals surface area contributed by atoms with E-state index in [1.54, 1.807) is 13.2 Å². The minimum atomic E-state index is -4.09. The number of hydrogen-bond acceptors (Lipinski definition) is 3. The van der Waals surface area contributed by atoms with Crippen LogP contribution in [-0.2, 0) is 7.05 Å². The van der Waals surface area contributed by atoms with Gasteiger partial charge in [0.2, 0.25) is 0 Å². The van der Waals surface area contributed by atoms with E-state index >= 15 is 0 Å². The number of halogens is 3. The van der Waals surface area contributed by atoms with Gasteiger partial charge in [0, 0.05) is 13.5 Å². The van der Waals surface area contributed by atoms with Gasteiger partial charge in [-0.15, -0.1) is 0 Å². The average Bonchev–Trinajstić information content (AvgIpc) is 2.68. The van der Waals surface area contributed by atoms with Crippen molar-refractivity contribution < 1.29 is 13.2 Å². The number of hydrogen-bond donors (Lipinski definition) is 1. The van der Waals surface area contributed by atoms with E-state index in [1.165, 1.54) is 4.80 Å². The first kappa shape index (κ1) is 14.9. The lowest BCUT2D eigenvalue weighted by Gasteiger charge is -2.16. The van der Waals surface area contributed by atoms with Gasteiger partial charge in [-0.2, -0.15) is 28.2 Å². The molecule has 0 bridgehead atoms. The molecule has 0 spiro atoms. The van der Waals surface area contributed by atoms with Crippen molar-refractivity contribution in [2.45, 2.75) is 44.8 Å². The van der Waals surface area contributed by atoms with Crippen LogP contribution in [0.3, 0.4) is 0 Å². The summed E-state index contributed by atoms with van der Waals surface area (Å²) in [6, 6.07) is -0.152. The van der Waals surface area contributed by atoms with Gasteiger partial charge in [-0.1, -0.05) is 6.92 Å². The van der Waals surface area contributed by atoms with Crippen LogP contribution in [0, 0.1) is 0 Å². The average molecular weight is 264 g/mol. The molecule has 1 N–H and O–H groups in total. The van der Waals surface area contributed by atoms with Gasteiger partial charge < -0.3 is 5.32 Å². The summed E-state index contributed by atoms with van der Waals surface area (Å²) in [5.41, 5.74) is 0.702. The Bertz CT molecular complexity index is 348. The fraction of sp³-hybridized carbons (Fsp3) is 0.818. The highest BCUT2D eigenvalue weighted by molar-refractivity contribution is 4.99. The molecule has 1 aromatic rings. The Morgan fingerprint density at radius 3 is 2.67 bits per heavy atom. The highest BCUT2D eigenvalue weighted by atomic mass is 19.4. The maximum atomic E-state index is 12.1. The Hall–Kier alpha value is -1.11. The summed E-state index contributed by atoms with van der Waals surface area (Å²) in [7, 11) is 1.69. The molecule has 1 rings (SSSR count). The standard InChI is InChI=1S/C11H19F3N4/c1-3-7-15-9(5-4-6-11(12,13)14)10-8-16-18(2)17-10/h8-9,15H,3-7H2,1-2H3. The van der Waals surface area contributed by atoms with Gasteiger partial charge in [0.15, 0.2) is 0 Å². The molecule has 1 atom stereocenters. The van der Waals surface area contributed by atoms with Crippen molar-refractivity contribution in [3.63, 3.8) is 0 Å². The summed E-state index contributed by atoms with van der Waals surface area (Å²) >= 11 is 0. The van der Waals surface area contributed by atoms with Gasteiger partial charge in [-0.3, -0.25) is 0 Å². The maximum Gasteiger partial charge on any atom is 0.389 e. The van der Waals surface area contributed by atoms with E-state index in [0.717, 1.165) is 13.0 Å². The molecular weight excluding hydrogens is 245 g/mol. The highest BCUT2D eigenvalue weighted by Gasteiger charge is 2.27. The lowest BCUT2D eigenvalue weighted by molar-refractivity contribution is -0.135. The van der Waals surface area contributed by atoms with Crippen LogP contribution in [-0.4, -0.2) is 27.7 Å². The van der Waals surface area contributed by atoms with E-state index in [-0.39, 0.29) is 12.5 Å². The first-order valence-corrected chi connectivity index (χ1v) is 6.08. The van der Waals surface area contributed by atoms with Crippen LogP contribution in [0.1, 0.15) is 44.3 Å². The zero-order valence-corrected chi connectivity index (χ0v) is 10.7. The van der Waals surface area contributed by atoms with Crippen LogP contribution in [0.2, 0.25) is 0 Å². The first-order chi connectivity index (χ1) is 8.42. The molecule has 0 aliphatic carbocycles. The third-order valence-electron chi connectivity index (χ3n) is 2.57. The SMILES string of the molecule is CCCNC(CCCC(F)(F)F)c1cnn(C)n1. The molecule has 0 radical (unpaired) electrons. The zero-order chi connectivity index (χ0) is 13.6. The summed E-state index contributed by atoms with van der Waals surface area (Å²) in [5, 5.41) is 11.3. The monoisotopic (exact) mass is 264 g/mol. The summed E-state index contributed by atoms with van der Waals surface area (Å²) in [6.45, 7) is 2.77. The topological polar surface area (TPSA) is 42.7 Å². The van der Waals surface area contributed by atoms with E-state index in [2.05, 4.69) is 15.5 Å². The first-order valence-electron chi connectivity index (χ1n) is 6.08. The van der Waals surface area contributed by atoms with Gasteiger partial charge in [0.25, 0.3) is 0 Å². The highest BCUT2D eigenvalue weighted by Crippen LogP contribution is 2.25. The number of aryl methyl sites for hydroxylation is 1. The third-order valence-corrected chi connectivity index (χ3v) is 2.57. The van der Waals surface area contributed by atoms with Crippen LogP contribution in [0.5, 0.6) is 0 Å². The molecule has 0 aliphatic heterocycles. The molecule has 18 heavy (non-hydrogen) atoms. The Balaban J connectivity index is 2.51. The molecule has 0 fully saturated rings. The molecule has 0 saturated carbocycles. The van der Waals surface area contributed by atoms with Crippen molar-refractivity contribution in [2.75, 3.05) is 6.54 Å². The second-order valence-electron chi connectivity index (χ2n) is 4.27. The fourth-order valence-electron chi connectivity index (χ4n) is 1.70. The van der Waals surface area contributed by atoms with Crippen LogP contribution in [0.25, 0.3) is 0 Å². The molecule has 104 valence electrons. The third kappa shape index (κ3) is 5.48. The van der Waals surface area contributed by atoms with E-state index in [0.29, 0.717) is 12.1 Å². The van der Waals surface area contributed by atoms with Crippen LogP contribution in [0.4, 0.5) is 13.2 Å². The van der Waals surface area contributed by atoms with E-state index in [1.807, 2.05) is 6.92 Å². The smallest absolute Gasteiger partial charge is 0.309 e. The summed E-state index contributed by atoms with van der Waals surface area (Å²) in [6.07, 6.45) is -1.80.